The lowest BCUT2D eigenvalue weighted by atomic mass is 10.2. The molecule has 2 N–H and O–H groups in total. The molecule has 3 aromatic rings. The molecule has 3 rings (SSSR count). The fourth-order valence-corrected chi connectivity index (χ4v) is 3.39. The number of carbonyl (C=O) groups is 2. The second kappa shape index (κ2) is 10.3. The summed E-state index contributed by atoms with van der Waals surface area (Å²) in [6.45, 7) is 1.96. The molecule has 0 saturated heterocycles. The van der Waals surface area contributed by atoms with Gasteiger partial charge in [0.25, 0.3) is 0 Å². The van der Waals surface area contributed by atoms with Crippen LogP contribution in [-0.2, 0) is 9.59 Å². The first-order chi connectivity index (χ1) is 14.1. The van der Waals surface area contributed by atoms with Crippen molar-refractivity contribution in [2.24, 2.45) is 0 Å². The summed E-state index contributed by atoms with van der Waals surface area (Å²) in [5.74, 6) is 0.0254. The third-order valence-electron chi connectivity index (χ3n) is 4.12. The van der Waals surface area contributed by atoms with Gasteiger partial charge in [0.05, 0.1) is 5.75 Å². The van der Waals surface area contributed by atoms with Crippen molar-refractivity contribution in [1.29, 1.82) is 0 Å². The number of carbonyl (C=O) groups excluding carboxylic acids is 2. The molecule has 0 aromatic heterocycles. The van der Waals surface area contributed by atoms with Gasteiger partial charge in [-0.1, -0.05) is 54.6 Å². The Morgan fingerprint density at radius 3 is 2.45 bits per heavy atom. The van der Waals surface area contributed by atoms with E-state index in [9.17, 15) is 9.59 Å². The first-order valence-corrected chi connectivity index (χ1v) is 10.2. The summed E-state index contributed by atoms with van der Waals surface area (Å²) in [5, 5.41) is 5.77. The molecule has 0 radical (unpaired) electrons. The lowest BCUT2D eigenvalue weighted by molar-refractivity contribution is -0.114. The van der Waals surface area contributed by atoms with Gasteiger partial charge in [0.15, 0.2) is 0 Å². The van der Waals surface area contributed by atoms with Gasteiger partial charge in [-0.2, -0.15) is 0 Å². The highest BCUT2D eigenvalue weighted by molar-refractivity contribution is 8.00. The number of nitrogens with one attached hydrogen (secondary N) is 2. The molecular formula is C24H22N2O2S. The minimum Gasteiger partial charge on any atom is -0.325 e. The molecule has 0 aliphatic carbocycles. The molecule has 2 amide bonds. The number of hydrogen-bond acceptors (Lipinski definition) is 3. The number of hydrogen-bond donors (Lipinski definition) is 2. The Morgan fingerprint density at radius 1 is 0.897 bits per heavy atom. The van der Waals surface area contributed by atoms with Gasteiger partial charge >= 0.3 is 0 Å². The van der Waals surface area contributed by atoms with Gasteiger partial charge < -0.3 is 10.6 Å². The first-order valence-electron chi connectivity index (χ1n) is 9.22. The maximum atomic E-state index is 12.2. The average molecular weight is 403 g/mol. The largest absolute Gasteiger partial charge is 0.325 e. The first kappa shape index (κ1) is 20.4. The summed E-state index contributed by atoms with van der Waals surface area (Å²) in [6, 6.07) is 24.8. The minimum atomic E-state index is -0.201. The highest BCUT2D eigenvalue weighted by Gasteiger charge is 2.06. The number of anilines is 2. The molecular weight excluding hydrogens is 380 g/mol. The van der Waals surface area contributed by atoms with Crippen molar-refractivity contribution in [3.05, 3.63) is 96.1 Å². The van der Waals surface area contributed by atoms with E-state index in [-0.39, 0.29) is 11.8 Å². The number of aryl methyl sites for hydroxylation is 1. The monoisotopic (exact) mass is 402 g/mol. The van der Waals surface area contributed by atoms with Crippen LogP contribution in [0, 0.1) is 6.92 Å². The number of rotatable bonds is 7. The molecule has 146 valence electrons. The second-order valence-corrected chi connectivity index (χ2v) is 7.46. The van der Waals surface area contributed by atoms with Gasteiger partial charge in [0.1, 0.15) is 0 Å². The van der Waals surface area contributed by atoms with Gasteiger partial charge in [0.2, 0.25) is 11.8 Å². The van der Waals surface area contributed by atoms with Gasteiger partial charge in [-0.15, -0.1) is 11.8 Å². The predicted molar refractivity (Wildman–Crippen MR) is 121 cm³/mol. The zero-order chi connectivity index (χ0) is 20.5. The van der Waals surface area contributed by atoms with Crippen LogP contribution in [0.15, 0.2) is 89.8 Å². The molecule has 0 bridgehead atoms. The molecule has 0 aliphatic rings. The van der Waals surface area contributed by atoms with Gasteiger partial charge in [-0.05, 0) is 48.4 Å². The summed E-state index contributed by atoms with van der Waals surface area (Å²) < 4.78 is 0. The third-order valence-corrected chi connectivity index (χ3v) is 5.11. The zero-order valence-corrected chi connectivity index (χ0v) is 16.9. The molecule has 0 unspecified atom stereocenters. The summed E-state index contributed by atoms with van der Waals surface area (Å²) in [6.07, 6.45) is 3.27. The maximum absolute atomic E-state index is 12.2. The van der Waals surface area contributed by atoms with E-state index in [0.717, 1.165) is 21.7 Å². The molecule has 5 heteroatoms. The standard InChI is InChI=1S/C24H22N2O2S/c1-18-8-5-6-13-22(18)26-24(28)17-29-21-12-7-11-20(16-21)25-23(27)15-14-19-9-3-2-4-10-19/h2-16H,17H2,1H3,(H,25,27)(H,26,28)/b15-14+. The topological polar surface area (TPSA) is 58.2 Å². The highest BCUT2D eigenvalue weighted by Crippen LogP contribution is 2.22. The SMILES string of the molecule is Cc1ccccc1NC(=O)CSc1cccc(NC(=O)/C=C/c2ccccc2)c1. The van der Waals surface area contributed by atoms with Gasteiger partial charge in [-0.3, -0.25) is 9.59 Å². The van der Waals surface area contributed by atoms with Crippen molar-refractivity contribution < 1.29 is 9.59 Å². The molecule has 0 saturated carbocycles. The van der Waals surface area contributed by atoms with E-state index in [1.807, 2.05) is 85.8 Å². The summed E-state index contributed by atoms with van der Waals surface area (Å²) in [5.41, 5.74) is 3.51. The normalized spacial score (nSPS) is 10.7. The fraction of sp³-hybridized carbons (Fsp3) is 0.0833. The number of amides is 2. The van der Waals surface area contributed by atoms with Crippen LogP contribution < -0.4 is 10.6 Å². The van der Waals surface area contributed by atoms with E-state index in [0.29, 0.717) is 11.4 Å². The molecule has 0 spiro atoms. The van der Waals surface area contributed by atoms with Gasteiger partial charge in [-0.25, -0.2) is 0 Å². The van der Waals surface area contributed by atoms with Crippen LogP contribution in [0.2, 0.25) is 0 Å². The highest BCUT2D eigenvalue weighted by atomic mass is 32.2. The van der Waals surface area contributed by atoms with Crippen molar-refractivity contribution in [2.45, 2.75) is 11.8 Å². The van der Waals surface area contributed by atoms with Crippen LogP contribution >= 0.6 is 11.8 Å². The Hall–Kier alpha value is -3.31. The number of thioether (sulfide) groups is 1. The van der Waals surface area contributed by atoms with Crippen molar-refractivity contribution in [3.8, 4) is 0 Å². The smallest absolute Gasteiger partial charge is 0.248 e. The van der Waals surface area contributed by atoms with E-state index < -0.39 is 0 Å². The molecule has 0 atom stereocenters. The zero-order valence-electron chi connectivity index (χ0n) is 16.1. The number of benzene rings is 3. The van der Waals surface area contributed by atoms with Crippen molar-refractivity contribution >= 4 is 41.0 Å². The molecule has 3 aromatic carbocycles. The van der Waals surface area contributed by atoms with E-state index in [1.165, 1.54) is 17.8 Å². The van der Waals surface area contributed by atoms with E-state index in [2.05, 4.69) is 10.6 Å². The van der Waals surface area contributed by atoms with E-state index in [4.69, 9.17) is 0 Å². The number of para-hydroxylation sites is 1. The average Bonchev–Trinajstić information content (AvgIpc) is 2.73. The van der Waals surface area contributed by atoms with Crippen LogP contribution in [0.1, 0.15) is 11.1 Å². The Labute approximate surface area is 175 Å². The third kappa shape index (κ3) is 6.66. The second-order valence-electron chi connectivity index (χ2n) is 6.41. The molecule has 29 heavy (non-hydrogen) atoms. The molecule has 4 nitrogen and oxygen atoms in total. The fourth-order valence-electron chi connectivity index (χ4n) is 2.63. The summed E-state index contributed by atoms with van der Waals surface area (Å²) in [7, 11) is 0. The van der Waals surface area contributed by atoms with E-state index in [1.54, 1.807) is 6.08 Å². The van der Waals surface area contributed by atoms with Gasteiger partial charge in [0, 0.05) is 22.3 Å². The van der Waals surface area contributed by atoms with Crippen molar-refractivity contribution in [3.63, 3.8) is 0 Å². The summed E-state index contributed by atoms with van der Waals surface area (Å²) in [4.78, 5) is 25.3. The van der Waals surface area contributed by atoms with Crippen LogP contribution in [0.5, 0.6) is 0 Å². The Morgan fingerprint density at radius 2 is 1.66 bits per heavy atom. The quantitative estimate of drug-likeness (QED) is 0.412. The lowest BCUT2D eigenvalue weighted by Crippen LogP contribution is -2.14. The maximum Gasteiger partial charge on any atom is 0.248 e. The Balaban J connectivity index is 1.52. The Bertz CT molecular complexity index is 1020. The molecule has 0 aliphatic heterocycles. The Kier molecular flexibility index (Phi) is 7.25. The lowest BCUT2D eigenvalue weighted by Gasteiger charge is -2.08. The van der Waals surface area contributed by atoms with Crippen LogP contribution in [0.3, 0.4) is 0 Å². The van der Waals surface area contributed by atoms with Crippen LogP contribution in [0.4, 0.5) is 11.4 Å². The van der Waals surface area contributed by atoms with Crippen molar-refractivity contribution in [1.82, 2.24) is 0 Å². The van der Waals surface area contributed by atoms with Crippen molar-refractivity contribution in [2.75, 3.05) is 16.4 Å². The summed E-state index contributed by atoms with van der Waals surface area (Å²) >= 11 is 1.42. The van der Waals surface area contributed by atoms with Crippen LogP contribution in [0.25, 0.3) is 6.08 Å². The molecule has 0 heterocycles. The molecule has 0 fully saturated rings. The predicted octanol–water partition coefficient (Wildman–Crippen LogP) is 5.38. The van der Waals surface area contributed by atoms with Crippen LogP contribution in [-0.4, -0.2) is 17.6 Å². The van der Waals surface area contributed by atoms with E-state index >= 15 is 0 Å². The minimum absolute atomic E-state index is 0.0652.